The van der Waals surface area contributed by atoms with E-state index in [-0.39, 0.29) is 34.1 Å². The second kappa shape index (κ2) is 9.01. The lowest BCUT2D eigenvalue weighted by molar-refractivity contribution is -0.141. The highest BCUT2D eigenvalue weighted by Crippen LogP contribution is 2.53. The van der Waals surface area contributed by atoms with Crippen molar-refractivity contribution in [1.29, 1.82) is 0 Å². The van der Waals surface area contributed by atoms with Crippen LogP contribution >= 0.6 is 0 Å². The third-order valence-electron chi connectivity index (χ3n) is 8.29. The number of pyridine rings is 1. The maximum atomic E-state index is 13.2. The van der Waals surface area contributed by atoms with Crippen LogP contribution in [0.25, 0.3) is 0 Å². The average Bonchev–Trinajstić information content (AvgIpc) is 3.62. The van der Waals surface area contributed by atoms with Crippen LogP contribution in [0.5, 0.6) is 0 Å². The number of aromatic nitrogens is 1. The molecule has 3 aliphatic carbocycles. The number of carbonyl (C=O) groups is 1. The normalized spacial score (nSPS) is 30.1. The van der Waals surface area contributed by atoms with E-state index in [9.17, 15) is 26.4 Å². The molecule has 1 saturated heterocycles. The Morgan fingerprint density at radius 1 is 1.14 bits per heavy atom. The summed E-state index contributed by atoms with van der Waals surface area (Å²) in [5.41, 5.74) is -1.15. The summed E-state index contributed by atoms with van der Waals surface area (Å²) in [6.45, 7) is 1.92. The van der Waals surface area contributed by atoms with Crippen molar-refractivity contribution in [1.82, 2.24) is 10.3 Å². The molecule has 1 aromatic heterocycles. The van der Waals surface area contributed by atoms with Gasteiger partial charge >= 0.3 is 6.18 Å². The third kappa shape index (κ3) is 5.68. The van der Waals surface area contributed by atoms with Gasteiger partial charge in [0.2, 0.25) is 0 Å². The monoisotopic (exact) mass is 514 g/mol. The first-order valence-corrected chi connectivity index (χ1v) is 14.4. The van der Waals surface area contributed by atoms with Gasteiger partial charge in [0.25, 0.3) is 5.91 Å². The fraction of sp³-hybridized carbons (Fsp3) is 0.760. The van der Waals surface area contributed by atoms with Crippen molar-refractivity contribution in [3.05, 3.63) is 29.1 Å². The minimum Gasteiger partial charge on any atom is -0.371 e. The molecule has 0 bridgehead atoms. The average molecular weight is 515 g/mol. The minimum absolute atomic E-state index is 0.0268. The summed E-state index contributed by atoms with van der Waals surface area (Å²) in [5.74, 6) is 0.732. The maximum Gasteiger partial charge on any atom is 0.433 e. The number of alkyl halides is 3. The molecule has 1 N–H and O–H groups in total. The summed E-state index contributed by atoms with van der Waals surface area (Å²) in [4.78, 5) is 16.8. The molecule has 1 aliphatic heterocycles. The first kappa shape index (κ1) is 25.0. The molecule has 3 saturated carbocycles. The molecule has 4 aliphatic rings. The molecule has 1 amide bonds. The molecular weight excluding hydrogens is 481 g/mol. The fourth-order valence-corrected chi connectivity index (χ4v) is 8.10. The summed E-state index contributed by atoms with van der Waals surface area (Å²) in [5, 5.41) is 2.77. The number of amides is 1. The fourth-order valence-electron chi connectivity index (χ4n) is 5.88. The van der Waals surface area contributed by atoms with Crippen LogP contribution in [-0.4, -0.2) is 49.1 Å². The third-order valence-corrected chi connectivity index (χ3v) is 10.7. The van der Waals surface area contributed by atoms with Crippen LogP contribution in [0.4, 0.5) is 13.2 Å². The van der Waals surface area contributed by atoms with Crippen LogP contribution in [0, 0.1) is 24.2 Å². The Labute approximate surface area is 204 Å². The van der Waals surface area contributed by atoms with Crippen molar-refractivity contribution in [3.8, 4) is 0 Å². The number of epoxide rings is 1. The summed E-state index contributed by atoms with van der Waals surface area (Å²) >= 11 is 0. The quantitative estimate of drug-likeness (QED) is 0.492. The maximum absolute atomic E-state index is 13.2. The second-order valence-corrected chi connectivity index (χ2v) is 13.5. The number of nitrogens with one attached hydrogen (secondary N) is 1. The van der Waals surface area contributed by atoms with Gasteiger partial charge in [-0.05, 0) is 81.3 Å². The van der Waals surface area contributed by atoms with Crippen molar-refractivity contribution in [2.24, 2.45) is 17.3 Å². The van der Waals surface area contributed by atoms with Crippen molar-refractivity contribution in [2.45, 2.75) is 88.3 Å². The standard InChI is InChI=1S/C25H33F3N2O4S/c1-15-19(6-7-21(29-15)25(26,27)28)23(31)30-22(20-13-34-20)24(12-16-2-3-16)10-8-18(9-11-24)35(32,33)14-17-4-5-17/h6-7,16-18,20,22H,2-5,8-14H2,1H3,(H,30,31)/t18-,20?,22?,24+. The van der Waals surface area contributed by atoms with Gasteiger partial charge in [0.1, 0.15) is 11.8 Å². The summed E-state index contributed by atoms with van der Waals surface area (Å²) in [7, 11) is -3.12. The van der Waals surface area contributed by atoms with Gasteiger partial charge in [-0.2, -0.15) is 13.2 Å². The van der Waals surface area contributed by atoms with Gasteiger partial charge in [0.05, 0.1) is 34.9 Å². The van der Waals surface area contributed by atoms with E-state index >= 15 is 0 Å². The van der Waals surface area contributed by atoms with Gasteiger partial charge in [0.15, 0.2) is 9.84 Å². The number of nitrogens with zero attached hydrogens (tertiary/aromatic N) is 1. The second-order valence-electron chi connectivity index (χ2n) is 11.1. The molecule has 4 fully saturated rings. The number of aryl methyl sites for hydroxylation is 1. The largest absolute Gasteiger partial charge is 0.433 e. The number of halogens is 3. The van der Waals surface area contributed by atoms with Crippen molar-refractivity contribution >= 4 is 15.7 Å². The van der Waals surface area contributed by atoms with Crippen molar-refractivity contribution < 1.29 is 31.1 Å². The number of sulfone groups is 1. The smallest absolute Gasteiger partial charge is 0.371 e. The van der Waals surface area contributed by atoms with Gasteiger partial charge in [-0.1, -0.05) is 12.8 Å². The van der Waals surface area contributed by atoms with E-state index in [0.717, 1.165) is 38.2 Å². The molecule has 5 rings (SSSR count). The lowest BCUT2D eigenvalue weighted by Gasteiger charge is -2.45. The zero-order valence-corrected chi connectivity index (χ0v) is 20.8. The van der Waals surface area contributed by atoms with E-state index in [1.54, 1.807) is 0 Å². The Balaban J connectivity index is 1.34. The molecule has 194 valence electrons. The molecule has 2 heterocycles. The molecule has 1 aromatic rings. The van der Waals surface area contributed by atoms with Gasteiger partial charge in [0, 0.05) is 0 Å². The van der Waals surface area contributed by atoms with Gasteiger partial charge in [-0.15, -0.1) is 0 Å². The van der Waals surface area contributed by atoms with Crippen LogP contribution < -0.4 is 5.32 Å². The number of rotatable bonds is 9. The SMILES string of the molecule is Cc1nc(C(F)(F)F)ccc1C(=O)NC(C1CO1)[C@]1(CC2CC2)CC[C@H](S(=O)(=O)CC2CC2)CC1. The number of ether oxygens (including phenoxy) is 1. The predicted octanol–water partition coefficient (Wildman–Crippen LogP) is 4.46. The molecule has 2 atom stereocenters. The number of hydrogen-bond donors (Lipinski definition) is 1. The van der Waals surface area contributed by atoms with Gasteiger partial charge in [-0.3, -0.25) is 4.79 Å². The van der Waals surface area contributed by atoms with E-state index in [4.69, 9.17) is 4.74 Å². The Morgan fingerprint density at radius 2 is 1.77 bits per heavy atom. The van der Waals surface area contributed by atoms with Crippen molar-refractivity contribution in [3.63, 3.8) is 0 Å². The highest BCUT2D eigenvalue weighted by atomic mass is 32.2. The zero-order chi connectivity index (χ0) is 25.0. The van der Waals surface area contributed by atoms with E-state index in [1.807, 2.05) is 0 Å². The highest BCUT2D eigenvalue weighted by Gasteiger charge is 2.53. The van der Waals surface area contributed by atoms with Crippen LogP contribution in [0.2, 0.25) is 0 Å². The van der Waals surface area contributed by atoms with Gasteiger partial charge < -0.3 is 10.1 Å². The Morgan fingerprint density at radius 3 is 2.29 bits per heavy atom. The zero-order valence-electron chi connectivity index (χ0n) is 19.9. The molecule has 0 aromatic carbocycles. The topological polar surface area (TPSA) is 88.7 Å². The first-order valence-electron chi connectivity index (χ1n) is 12.7. The van der Waals surface area contributed by atoms with E-state index in [0.29, 0.717) is 49.9 Å². The van der Waals surface area contributed by atoms with Crippen LogP contribution in [0.1, 0.15) is 79.5 Å². The molecule has 0 spiro atoms. The van der Waals surface area contributed by atoms with E-state index in [1.165, 1.54) is 13.0 Å². The summed E-state index contributed by atoms with van der Waals surface area (Å²) in [6, 6.07) is 1.71. The lowest BCUT2D eigenvalue weighted by atomic mass is 9.65. The lowest BCUT2D eigenvalue weighted by Crippen LogP contribution is -2.54. The Bertz CT molecular complexity index is 1070. The van der Waals surface area contributed by atoms with Crippen LogP contribution in [0.3, 0.4) is 0 Å². The Hall–Kier alpha value is -1.68. The summed E-state index contributed by atoms with van der Waals surface area (Å²) in [6.07, 6.45) is 3.04. The minimum atomic E-state index is -4.57. The van der Waals surface area contributed by atoms with Gasteiger partial charge in [-0.25, -0.2) is 13.4 Å². The first-order chi connectivity index (χ1) is 16.5. The Kier molecular flexibility index (Phi) is 6.43. The van der Waals surface area contributed by atoms with Crippen LogP contribution in [0.15, 0.2) is 12.1 Å². The van der Waals surface area contributed by atoms with Crippen LogP contribution in [-0.2, 0) is 20.8 Å². The molecule has 10 heteroatoms. The number of hydrogen-bond acceptors (Lipinski definition) is 5. The molecule has 0 radical (unpaired) electrons. The van der Waals surface area contributed by atoms with Crippen molar-refractivity contribution in [2.75, 3.05) is 12.4 Å². The summed E-state index contributed by atoms with van der Waals surface area (Å²) < 4.78 is 70.5. The predicted molar refractivity (Wildman–Crippen MR) is 124 cm³/mol. The van der Waals surface area contributed by atoms with E-state index < -0.39 is 27.6 Å². The highest BCUT2D eigenvalue weighted by molar-refractivity contribution is 7.92. The molecule has 6 nitrogen and oxygen atoms in total. The molecule has 35 heavy (non-hydrogen) atoms. The molecular formula is C25H33F3N2O4S. The number of carbonyl (C=O) groups excluding carboxylic acids is 1. The molecule has 2 unspecified atom stereocenters. The van der Waals surface area contributed by atoms with E-state index in [2.05, 4.69) is 10.3 Å².